The van der Waals surface area contributed by atoms with Gasteiger partial charge in [-0.25, -0.2) is 0 Å². The number of aryl methyl sites for hydroxylation is 2. The molecule has 0 saturated heterocycles. The Hall–Kier alpha value is -5.28. The molecule has 0 aromatic heterocycles. The number of carbonyl (C=O) groups is 2. The van der Waals surface area contributed by atoms with Crippen LogP contribution in [0.5, 0.6) is 0 Å². The van der Waals surface area contributed by atoms with Gasteiger partial charge in [0.05, 0.1) is 28.9 Å². The summed E-state index contributed by atoms with van der Waals surface area (Å²) in [6.07, 6.45) is 7.01. The lowest BCUT2D eigenvalue weighted by Crippen LogP contribution is -2.04. The third-order valence-corrected chi connectivity index (χ3v) is 9.66. The van der Waals surface area contributed by atoms with Crippen molar-refractivity contribution in [2.24, 2.45) is 0 Å². The van der Waals surface area contributed by atoms with Gasteiger partial charge in [-0.1, -0.05) is 126 Å². The van der Waals surface area contributed by atoms with Crippen LogP contribution in [0.3, 0.4) is 0 Å². The first-order chi connectivity index (χ1) is 27.1. The van der Waals surface area contributed by atoms with Crippen LogP contribution >= 0.6 is 39.1 Å². The maximum atomic E-state index is 12.8. The van der Waals surface area contributed by atoms with Crippen molar-refractivity contribution >= 4 is 79.5 Å². The smallest absolute Gasteiger partial charge is 0.194 e. The standard InChI is InChI=1S/C23H20ClNO2.C20H15BrClNO.C4H8O/c1-16-7-2-4-10-19(16)23(27)20-13-12-18(15-21(20)24)25-22-11-5-3-8-17(22)9-6-14-26;1-13-6-2-3-7-15(13)20(24)16-11-10-14(12-18(16)22)23-19-9-5-4-8-17(19)21;1-2-3-4-5/h2-13,15,25-26H,14H2,1H3;2-12,23H,1H3;2-3,5H,4H2,1H3/b9-6+;;3-2+. The first kappa shape index (κ1) is 43.4. The molecule has 0 heterocycles. The number of benzene rings is 6. The normalized spacial score (nSPS) is 10.6. The Labute approximate surface area is 347 Å². The zero-order valence-corrected chi connectivity index (χ0v) is 34.4. The predicted molar refractivity (Wildman–Crippen MR) is 237 cm³/mol. The molecule has 0 aliphatic rings. The Morgan fingerprint density at radius 1 is 0.589 bits per heavy atom. The minimum Gasteiger partial charge on any atom is -0.392 e. The Morgan fingerprint density at radius 3 is 1.48 bits per heavy atom. The summed E-state index contributed by atoms with van der Waals surface area (Å²) in [5.74, 6) is -0.151. The van der Waals surface area contributed by atoms with Crippen LogP contribution in [0.1, 0.15) is 55.5 Å². The molecule has 0 radical (unpaired) electrons. The summed E-state index contributed by atoms with van der Waals surface area (Å²) in [7, 11) is 0. The zero-order chi connectivity index (χ0) is 40.5. The van der Waals surface area contributed by atoms with Crippen molar-refractivity contribution in [1.82, 2.24) is 0 Å². The van der Waals surface area contributed by atoms with E-state index >= 15 is 0 Å². The number of hydrogen-bond acceptors (Lipinski definition) is 6. The highest BCUT2D eigenvalue weighted by molar-refractivity contribution is 9.10. The van der Waals surface area contributed by atoms with E-state index < -0.39 is 0 Å². The maximum absolute atomic E-state index is 12.8. The fourth-order valence-corrected chi connectivity index (χ4v) is 6.33. The van der Waals surface area contributed by atoms with Crippen LogP contribution in [0.2, 0.25) is 10.0 Å². The Bertz CT molecular complexity index is 2320. The van der Waals surface area contributed by atoms with Gasteiger partial charge in [-0.2, -0.15) is 0 Å². The van der Waals surface area contributed by atoms with Crippen LogP contribution < -0.4 is 10.6 Å². The van der Waals surface area contributed by atoms with E-state index in [4.69, 9.17) is 33.4 Å². The number of hydrogen-bond donors (Lipinski definition) is 4. The van der Waals surface area contributed by atoms with E-state index in [1.54, 1.807) is 42.5 Å². The molecule has 0 unspecified atom stereocenters. The molecule has 6 rings (SSSR count). The summed E-state index contributed by atoms with van der Waals surface area (Å²) in [6.45, 7) is 5.85. The number of rotatable bonds is 11. The maximum Gasteiger partial charge on any atom is 0.194 e. The highest BCUT2D eigenvalue weighted by Gasteiger charge is 2.16. The van der Waals surface area contributed by atoms with Gasteiger partial charge in [-0.15, -0.1) is 0 Å². The topological polar surface area (TPSA) is 98.7 Å². The highest BCUT2D eigenvalue weighted by Crippen LogP contribution is 2.30. The molecule has 0 amide bonds. The van der Waals surface area contributed by atoms with Gasteiger partial charge in [0.25, 0.3) is 0 Å². The second-order valence-corrected chi connectivity index (χ2v) is 14.0. The van der Waals surface area contributed by atoms with Crippen molar-refractivity contribution in [2.45, 2.75) is 20.8 Å². The fourth-order valence-electron chi connectivity index (χ4n) is 5.41. The predicted octanol–water partition coefficient (Wildman–Crippen LogP) is 12.6. The van der Waals surface area contributed by atoms with Gasteiger partial charge in [0.15, 0.2) is 11.6 Å². The summed E-state index contributed by atoms with van der Waals surface area (Å²) in [4.78, 5) is 25.5. The van der Waals surface area contributed by atoms with E-state index in [-0.39, 0.29) is 24.8 Å². The lowest BCUT2D eigenvalue weighted by molar-refractivity contribution is 0.103. The van der Waals surface area contributed by atoms with Crippen molar-refractivity contribution in [2.75, 3.05) is 23.8 Å². The number of ketones is 2. The molecule has 56 heavy (non-hydrogen) atoms. The number of aliphatic hydroxyl groups excluding tert-OH is 2. The molecule has 6 nitrogen and oxygen atoms in total. The van der Waals surface area contributed by atoms with E-state index in [1.165, 1.54) is 0 Å². The van der Waals surface area contributed by atoms with Crippen LogP contribution in [0.15, 0.2) is 156 Å². The average molecular weight is 851 g/mol. The number of anilines is 4. The van der Waals surface area contributed by atoms with Crippen molar-refractivity contribution in [1.29, 1.82) is 0 Å². The molecule has 4 N–H and O–H groups in total. The van der Waals surface area contributed by atoms with E-state index in [2.05, 4.69) is 26.6 Å². The average Bonchev–Trinajstić information content (AvgIpc) is 3.19. The number of halogens is 3. The summed E-state index contributed by atoms with van der Waals surface area (Å²) in [5.41, 5.74) is 8.54. The monoisotopic (exact) mass is 848 g/mol. The fraction of sp³-hybridized carbons (Fsp3) is 0.106. The molecule has 9 heteroatoms. The number of para-hydroxylation sites is 2. The van der Waals surface area contributed by atoms with Crippen LogP contribution in [0, 0.1) is 13.8 Å². The van der Waals surface area contributed by atoms with Gasteiger partial charge in [0.1, 0.15) is 0 Å². The van der Waals surface area contributed by atoms with Gasteiger partial charge in [0.2, 0.25) is 0 Å². The molecule has 0 aliphatic carbocycles. The molecule has 6 aromatic carbocycles. The molecule has 0 bridgehead atoms. The van der Waals surface area contributed by atoms with Crippen LogP contribution in [-0.4, -0.2) is 35.0 Å². The Kier molecular flexibility index (Phi) is 17.3. The van der Waals surface area contributed by atoms with Crippen LogP contribution in [0.4, 0.5) is 22.7 Å². The lowest BCUT2D eigenvalue weighted by atomic mass is 9.99. The minimum absolute atomic E-state index is 0.0180. The van der Waals surface area contributed by atoms with Gasteiger partial charge in [0, 0.05) is 43.8 Å². The molecule has 0 saturated carbocycles. The Balaban J connectivity index is 0.000000223. The van der Waals surface area contributed by atoms with Gasteiger partial charge in [-0.05, 0) is 108 Å². The minimum atomic E-state index is -0.0871. The summed E-state index contributed by atoms with van der Waals surface area (Å²) < 4.78 is 0.959. The number of carbonyl (C=O) groups excluding carboxylic acids is 2. The van der Waals surface area contributed by atoms with Crippen molar-refractivity contribution in [3.05, 3.63) is 205 Å². The molecular formula is C47H43BrCl2N2O4. The summed E-state index contributed by atoms with van der Waals surface area (Å²) in [5, 5.41) is 24.4. The largest absolute Gasteiger partial charge is 0.392 e. The first-order valence-electron chi connectivity index (χ1n) is 17.7. The highest BCUT2D eigenvalue weighted by atomic mass is 79.9. The molecule has 0 aliphatic heterocycles. The second kappa shape index (κ2) is 22.3. The van der Waals surface area contributed by atoms with Gasteiger partial charge >= 0.3 is 0 Å². The van der Waals surface area contributed by atoms with E-state index in [0.29, 0.717) is 32.3 Å². The van der Waals surface area contributed by atoms with Crippen LogP contribution in [0.25, 0.3) is 6.08 Å². The number of nitrogens with one attached hydrogen (secondary N) is 2. The van der Waals surface area contributed by atoms with Crippen molar-refractivity contribution in [3.63, 3.8) is 0 Å². The Morgan fingerprint density at radius 2 is 1.04 bits per heavy atom. The molecule has 0 atom stereocenters. The first-order valence-corrected chi connectivity index (χ1v) is 19.3. The SMILES string of the molecule is C/C=C/CO.Cc1ccccc1C(=O)c1ccc(Nc2ccccc2/C=C/CO)cc1Cl.Cc1ccccc1C(=O)c1ccc(Nc2ccccc2Br)cc1Cl. The summed E-state index contributed by atoms with van der Waals surface area (Å²) >= 11 is 16.3. The number of allylic oxidation sites excluding steroid dienone is 1. The van der Waals surface area contributed by atoms with E-state index in [0.717, 1.165) is 43.9 Å². The van der Waals surface area contributed by atoms with Crippen LogP contribution in [-0.2, 0) is 0 Å². The van der Waals surface area contributed by atoms with Gasteiger partial charge < -0.3 is 20.8 Å². The second-order valence-electron chi connectivity index (χ2n) is 12.3. The third-order valence-electron chi connectivity index (χ3n) is 8.34. The molecular weight excluding hydrogens is 807 g/mol. The van der Waals surface area contributed by atoms with E-state index in [1.807, 2.05) is 136 Å². The van der Waals surface area contributed by atoms with Crippen molar-refractivity contribution < 1.29 is 19.8 Å². The molecule has 0 fully saturated rings. The third kappa shape index (κ3) is 12.4. The molecule has 286 valence electrons. The van der Waals surface area contributed by atoms with Gasteiger partial charge in [-0.3, -0.25) is 9.59 Å². The molecule has 0 spiro atoms. The quantitative estimate of drug-likeness (QED) is 0.0766. The lowest BCUT2D eigenvalue weighted by Gasteiger charge is -2.12. The zero-order valence-electron chi connectivity index (χ0n) is 31.3. The molecule has 6 aromatic rings. The summed E-state index contributed by atoms with van der Waals surface area (Å²) in [6, 6.07) is 41.3. The van der Waals surface area contributed by atoms with Crippen molar-refractivity contribution in [3.8, 4) is 0 Å². The van der Waals surface area contributed by atoms with E-state index in [9.17, 15) is 9.59 Å². The number of aliphatic hydroxyl groups is 2.